The number of para-hydroxylation sites is 1. The highest BCUT2D eigenvalue weighted by molar-refractivity contribution is 5.34. The van der Waals surface area contributed by atoms with Gasteiger partial charge in [-0.1, -0.05) is 30.3 Å². The molecule has 0 fully saturated rings. The number of nitrogens with zero attached hydrogens (tertiary/aromatic N) is 4. The zero-order valence-electron chi connectivity index (χ0n) is 16.3. The first-order valence-corrected chi connectivity index (χ1v) is 9.66. The maximum absolute atomic E-state index is 9.19. The summed E-state index contributed by atoms with van der Waals surface area (Å²) in [6.45, 7) is 6.13. The van der Waals surface area contributed by atoms with E-state index in [1.54, 1.807) is 0 Å². The number of hydrogen-bond donors (Lipinski definition) is 0. The molecular weight excluding hydrogens is 348 g/mol. The monoisotopic (exact) mass is 374 g/mol. The van der Waals surface area contributed by atoms with Crippen molar-refractivity contribution < 1.29 is 4.74 Å². The van der Waals surface area contributed by atoms with E-state index in [-0.39, 0.29) is 0 Å². The van der Waals surface area contributed by atoms with Crippen molar-refractivity contribution in [1.29, 1.82) is 5.26 Å². The normalized spacial score (nSPS) is 10.8. The Hall–Kier alpha value is -3.10. The molecule has 0 spiro atoms. The molecule has 3 aromatic rings. The Morgan fingerprint density at radius 1 is 1.14 bits per heavy atom. The van der Waals surface area contributed by atoms with Crippen LogP contribution in [0.15, 0.2) is 67.3 Å². The summed E-state index contributed by atoms with van der Waals surface area (Å²) < 4.78 is 7.91. The van der Waals surface area contributed by atoms with Gasteiger partial charge in [0.1, 0.15) is 5.75 Å². The molecule has 0 bridgehead atoms. The van der Waals surface area contributed by atoms with Gasteiger partial charge in [-0.05, 0) is 37.1 Å². The summed E-state index contributed by atoms with van der Waals surface area (Å²) in [5.41, 5.74) is 3.03. The molecule has 2 aromatic carbocycles. The average Bonchev–Trinajstić information content (AvgIpc) is 3.23. The van der Waals surface area contributed by atoms with E-state index < -0.39 is 0 Å². The van der Waals surface area contributed by atoms with Crippen molar-refractivity contribution >= 4 is 0 Å². The lowest BCUT2D eigenvalue weighted by Gasteiger charge is -2.24. The first kappa shape index (κ1) is 19.7. The molecule has 0 amide bonds. The first-order valence-electron chi connectivity index (χ1n) is 9.66. The minimum absolute atomic E-state index is 0.655. The van der Waals surface area contributed by atoms with E-state index in [1.165, 1.54) is 5.56 Å². The Morgan fingerprint density at radius 2 is 2.04 bits per heavy atom. The van der Waals surface area contributed by atoms with Crippen LogP contribution in [-0.2, 0) is 19.6 Å². The van der Waals surface area contributed by atoms with E-state index in [0.717, 1.165) is 43.9 Å². The number of hydrogen-bond acceptors (Lipinski definition) is 4. The fraction of sp³-hybridized carbons (Fsp3) is 0.304. The molecule has 5 nitrogen and oxygen atoms in total. The summed E-state index contributed by atoms with van der Waals surface area (Å²) in [5, 5.41) is 9.19. The largest absolute Gasteiger partial charge is 0.494 e. The minimum Gasteiger partial charge on any atom is -0.494 e. The average molecular weight is 374 g/mol. The second-order valence-corrected chi connectivity index (χ2v) is 6.72. The summed E-state index contributed by atoms with van der Waals surface area (Å²) >= 11 is 0. The van der Waals surface area contributed by atoms with Crippen molar-refractivity contribution in [2.45, 2.75) is 33.0 Å². The molecule has 0 saturated heterocycles. The Balaban J connectivity index is 1.72. The Kier molecular flexibility index (Phi) is 7.22. The molecule has 0 atom stereocenters. The van der Waals surface area contributed by atoms with Crippen LogP contribution in [0.3, 0.4) is 0 Å². The van der Waals surface area contributed by atoms with Gasteiger partial charge >= 0.3 is 0 Å². The van der Waals surface area contributed by atoms with Crippen molar-refractivity contribution in [3.8, 4) is 11.8 Å². The molecule has 28 heavy (non-hydrogen) atoms. The molecule has 0 saturated carbocycles. The Morgan fingerprint density at radius 3 is 2.82 bits per heavy atom. The predicted octanol–water partition coefficient (Wildman–Crippen LogP) is 4.25. The standard InChI is InChI=1S/C23H26N4O/c1-2-28-23-10-4-3-9-22(23)18-27(13-6-12-26-14-11-25-19-26)17-21-8-5-7-20(15-21)16-24/h3-5,7-11,14-15,19H,2,6,12-13,17-18H2,1H3. The Bertz CT molecular complexity index is 899. The van der Waals surface area contributed by atoms with E-state index in [0.29, 0.717) is 12.2 Å². The number of ether oxygens (including phenoxy) is 1. The van der Waals surface area contributed by atoms with Crippen molar-refractivity contribution in [2.24, 2.45) is 0 Å². The van der Waals surface area contributed by atoms with Crippen LogP contribution >= 0.6 is 0 Å². The van der Waals surface area contributed by atoms with Crippen LogP contribution in [0.4, 0.5) is 0 Å². The third kappa shape index (κ3) is 5.70. The number of rotatable bonds is 10. The molecule has 0 aliphatic heterocycles. The number of benzene rings is 2. The van der Waals surface area contributed by atoms with Crippen LogP contribution in [0, 0.1) is 11.3 Å². The van der Waals surface area contributed by atoms with Crippen LogP contribution in [0.1, 0.15) is 30.0 Å². The van der Waals surface area contributed by atoms with E-state index >= 15 is 0 Å². The molecule has 0 aliphatic rings. The van der Waals surface area contributed by atoms with Gasteiger partial charge in [-0.15, -0.1) is 0 Å². The van der Waals surface area contributed by atoms with Gasteiger partial charge in [-0.3, -0.25) is 4.90 Å². The molecule has 0 unspecified atom stereocenters. The summed E-state index contributed by atoms with van der Waals surface area (Å²) in [4.78, 5) is 6.52. The molecule has 0 aliphatic carbocycles. The van der Waals surface area contributed by atoms with E-state index in [9.17, 15) is 5.26 Å². The highest BCUT2D eigenvalue weighted by atomic mass is 16.5. The Labute approximate surface area is 166 Å². The number of aryl methyl sites for hydroxylation is 1. The molecule has 0 radical (unpaired) electrons. The quantitative estimate of drug-likeness (QED) is 0.532. The second-order valence-electron chi connectivity index (χ2n) is 6.72. The lowest BCUT2D eigenvalue weighted by atomic mass is 10.1. The fourth-order valence-corrected chi connectivity index (χ4v) is 3.28. The van der Waals surface area contributed by atoms with Crippen LogP contribution in [0.2, 0.25) is 0 Å². The van der Waals surface area contributed by atoms with Crippen molar-refractivity contribution in [3.63, 3.8) is 0 Å². The number of aromatic nitrogens is 2. The smallest absolute Gasteiger partial charge is 0.123 e. The van der Waals surface area contributed by atoms with E-state index in [4.69, 9.17) is 4.74 Å². The van der Waals surface area contributed by atoms with Gasteiger partial charge in [0.2, 0.25) is 0 Å². The molecule has 0 N–H and O–H groups in total. The second kappa shape index (κ2) is 10.3. The summed E-state index contributed by atoms with van der Waals surface area (Å²) in [6, 6.07) is 18.3. The van der Waals surface area contributed by atoms with Crippen LogP contribution < -0.4 is 4.74 Å². The highest BCUT2D eigenvalue weighted by Gasteiger charge is 2.11. The van der Waals surface area contributed by atoms with Crippen molar-refractivity contribution in [3.05, 3.63) is 83.9 Å². The van der Waals surface area contributed by atoms with Gasteiger partial charge in [0.15, 0.2) is 0 Å². The van der Waals surface area contributed by atoms with Gasteiger partial charge in [-0.25, -0.2) is 4.98 Å². The van der Waals surface area contributed by atoms with Crippen molar-refractivity contribution in [2.75, 3.05) is 13.2 Å². The van der Waals surface area contributed by atoms with Gasteiger partial charge in [0, 0.05) is 44.1 Å². The van der Waals surface area contributed by atoms with E-state index in [1.807, 2.05) is 56.0 Å². The molecule has 144 valence electrons. The zero-order valence-corrected chi connectivity index (χ0v) is 16.3. The maximum Gasteiger partial charge on any atom is 0.123 e. The lowest BCUT2D eigenvalue weighted by Crippen LogP contribution is -2.25. The van der Waals surface area contributed by atoms with Crippen LogP contribution in [0.25, 0.3) is 0 Å². The van der Waals surface area contributed by atoms with Crippen LogP contribution in [-0.4, -0.2) is 27.6 Å². The molecule has 1 aromatic heterocycles. The molecule has 1 heterocycles. The number of nitriles is 1. The topological polar surface area (TPSA) is 54.1 Å². The van der Waals surface area contributed by atoms with Gasteiger partial charge in [-0.2, -0.15) is 5.26 Å². The summed E-state index contributed by atoms with van der Waals surface area (Å²) in [6.07, 6.45) is 6.67. The van der Waals surface area contributed by atoms with Gasteiger partial charge < -0.3 is 9.30 Å². The third-order valence-corrected chi connectivity index (χ3v) is 4.58. The molecule has 5 heteroatoms. The summed E-state index contributed by atoms with van der Waals surface area (Å²) in [7, 11) is 0. The SMILES string of the molecule is CCOc1ccccc1CN(CCCn1ccnc1)Cc1cccc(C#N)c1. The zero-order chi connectivity index (χ0) is 19.6. The minimum atomic E-state index is 0.655. The maximum atomic E-state index is 9.19. The molecule has 3 rings (SSSR count). The lowest BCUT2D eigenvalue weighted by molar-refractivity contribution is 0.242. The van der Waals surface area contributed by atoms with Crippen LogP contribution in [0.5, 0.6) is 5.75 Å². The van der Waals surface area contributed by atoms with E-state index in [2.05, 4.69) is 38.7 Å². The highest BCUT2D eigenvalue weighted by Crippen LogP contribution is 2.21. The predicted molar refractivity (Wildman–Crippen MR) is 110 cm³/mol. The third-order valence-electron chi connectivity index (χ3n) is 4.58. The van der Waals surface area contributed by atoms with Crippen molar-refractivity contribution in [1.82, 2.24) is 14.5 Å². The van der Waals surface area contributed by atoms with Gasteiger partial charge in [0.05, 0.1) is 24.6 Å². The van der Waals surface area contributed by atoms with Gasteiger partial charge in [0.25, 0.3) is 0 Å². The first-order chi connectivity index (χ1) is 13.8. The summed E-state index contributed by atoms with van der Waals surface area (Å²) in [5.74, 6) is 0.940. The fourth-order valence-electron chi connectivity index (χ4n) is 3.28. The number of imidazole rings is 1. The molecular formula is C23H26N4O.